The van der Waals surface area contributed by atoms with Crippen molar-refractivity contribution in [2.75, 3.05) is 24.0 Å². The standard InChI is InChI=1S/C38H24F12N2O4/c1-55-33(53)29-19-32(52(27-15-7-23(8-16-27)37(45,46)47)28-17-9-24(10-18-28)38(48,49)50)30(34(54)56-2)20-31(29)51(25-11-3-21(4-12-25)35(39,40)41)26-13-5-22(6-14-26)36(42,43)44/h3-20H,1-2H3. The summed E-state index contributed by atoms with van der Waals surface area (Å²) in [5, 5.41) is 0. The molecule has 6 nitrogen and oxygen atoms in total. The van der Waals surface area contributed by atoms with Gasteiger partial charge in [0.2, 0.25) is 0 Å². The van der Waals surface area contributed by atoms with Crippen LogP contribution in [0, 0.1) is 0 Å². The van der Waals surface area contributed by atoms with Gasteiger partial charge in [-0.05, 0) is 109 Å². The van der Waals surface area contributed by atoms with E-state index >= 15 is 0 Å². The van der Waals surface area contributed by atoms with Crippen LogP contribution in [0.4, 0.5) is 86.8 Å². The lowest BCUT2D eigenvalue weighted by Gasteiger charge is -2.31. The predicted octanol–water partition coefficient (Wildman–Crippen LogP) is 12.3. The quantitative estimate of drug-likeness (QED) is 0.115. The Morgan fingerprint density at radius 3 is 0.750 bits per heavy atom. The van der Waals surface area contributed by atoms with Gasteiger partial charge in [-0.2, -0.15) is 52.7 Å². The molecule has 0 atom stereocenters. The SMILES string of the molecule is COC(=O)c1cc(N(c2ccc(C(F)(F)F)cc2)c2ccc(C(F)(F)F)cc2)c(C(=O)OC)cc1N(c1ccc(C(F)(F)F)cc1)c1ccc(C(F)(F)F)cc1. The number of nitrogens with zero attached hydrogens (tertiary/aromatic N) is 2. The van der Waals surface area contributed by atoms with Gasteiger partial charge in [0.1, 0.15) is 0 Å². The van der Waals surface area contributed by atoms with Crippen molar-refractivity contribution in [2.24, 2.45) is 0 Å². The van der Waals surface area contributed by atoms with Gasteiger partial charge < -0.3 is 19.3 Å². The molecule has 0 spiro atoms. The molecule has 0 amide bonds. The number of carbonyl (C=O) groups is 2. The van der Waals surface area contributed by atoms with E-state index in [2.05, 4.69) is 0 Å². The Hall–Kier alpha value is -6.20. The first-order valence-electron chi connectivity index (χ1n) is 15.7. The molecular weight excluding hydrogens is 776 g/mol. The third-order valence-electron chi connectivity index (χ3n) is 8.22. The molecule has 0 N–H and O–H groups in total. The molecule has 0 heterocycles. The van der Waals surface area contributed by atoms with Crippen LogP contribution in [-0.2, 0) is 34.2 Å². The van der Waals surface area contributed by atoms with Gasteiger partial charge in [0, 0.05) is 22.7 Å². The van der Waals surface area contributed by atoms with Crippen LogP contribution < -0.4 is 9.80 Å². The second-order valence-electron chi connectivity index (χ2n) is 11.7. The monoisotopic (exact) mass is 800 g/mol. The largest absolute Gasteiger partial charge is 0.465 e. The molecule has 18 heteroatoms. The summed E-state index contributed by atoms with van der Waals surface area (Å²) >= 11 is 0. The normalized spacial score (nSPS) is 12.2. The van der Waals surface area contributed by atoms with E-state index in [1.807, 2.05) is 0 Å². The van der Waals surface area contributed by atoms with Crippen molar-refractivity contribution in [3.63, 3.8) is 0 Å². The number of alkyl halides is 12. The molecule has 5 aromatic rings. The molecule has 56 heavy (non-hydrogen) atoms. The molecule has 0 aliphatic carbocycles. The maximum atomic E-state index is 13.5. The molecule has 0 bridgehead atoms. The van der Waals surface area contributed by atoms with Crippen molar-refractivity contribution in [3.05, 3.63) is 143 Å². The van der Waals surface area contributed by atoms with E-state index in [1.165, 1.54) is 0 Å². The van der Waals surface area contributed by atoms with Gasteiger partial charge in [-0.1, -0.05) is 0 Å². The fourth-order valence-electron chi connectivity index (χ4n) is 5.55. The average Bonchev–Trinajstić information content (AvgIpc) is 3.14. The van der Waals surface area contributed by atoms with Crippen molar-refractivity contribution < 1.29 is 71.7 Å². The van der Waals surface area contributed by atoms with E-state index < -0.39 is 70.0 Å². The molecular formula is C38H24F12N2O4. The fraction of sp³-hybridized carbons (Fsp3) is 0.158. The van der Waals surface area contributed by atoms with Gasteiger partial charge >= 0.3 is 36.6 Å². The lowest BCUT2D eigenvalue weighted by Crippen LogP contribution is -2.21. The number of anilines is 6. The number of carbonyl (C=O) groups excluding carboxylic acids is 2. The molecule has 5 rings (SSSR count). The first-order valence-corrected chi connectivity index (χ1v) is 15.7. The molecule has 0 saturated carbocycles. The second kappa shape index (κ2) is 15.1. The molecule has 5 aromatic carbocycles. The van der Waals surface area contributed by atoms with Gasteiger partial charge in [0.05, 0.1) is 59.0 Å². The number of methoxy groups -OCH3 is 2. The van der Waals surface area contributed by atoms with Crippen LogP contribution in [-0.4, -0.2) is 26.2 Å². The molecule has 0 radical (unpaired) electrons. The lowest BCUT2D eigenvalue weighted by atomic mass is 10.0. The van der Waals surface area contributed by atoms with Gasteiger partial charge in [-0.3, -0.25) is 0 Å². The van der Waals surface area contributed by atoms with E-state index in [1.54, 1.807) is 0 Å². The fourth-order valence-corrected chi connectivity index (χ4v) is 5.55. The zero-order valence-corrected chi connectivity index (χ0v) is 28.5. The number of esters is 2. The van der Waals surface area contributed by atoms with Gasteiger partial charge in [0.15, 0.2) is 0 Å². The van der Waals surface area contributed by atoms with Gasteiger partial charge in [-0.15, -0.1) is 0 Å². The highest BCUT2D eigenvalue weighted by Crippen LogP contribution is 2.46. The highest BCUT2D eigenvalue weighted by molar-refractivity contribution is 6.07. The van der Waals surface area contributed by atoms with E-state index in [4.69, 9.17) is 9.47 Å². The van der Waals surface area contributed by atoms with Crippen LogP contribution in [0.3, 0.4) is 0 Å². The third-order valence-corrected chi connectivity index (χ3v) is 8.22. The van der Waals surface area contributed by atoms with E-state index in [0.29, 0.717) is 48.5 Å². The predicted molar refractivity (Wildman–Crippen MR) is 178 cm³/mol. The zero-order chi connectivity index (χ0) is 41.4. The highest BCUT2D eigenvalue weighted by Gasteiger charge is 2.35. The molecule has 0 unspecified atom stereocenters. The third kappa shape index (κ3) is 8.68. The Kier molecular flexibility index (Phi) is 11.1. The van der Waals surface area contributed by atoms with Crippen molar-refractivity contribution in [3.8, 4) is 0 Å². The summed E-state index contributed by atoms with van der Waals surface area (Å²) in [7, 11) is 1.84. The molecule has 0 fully saturated rings. The molecule has 294 valence electrons. The van der Waals surface area contributed by atoms with Crippen LogP contribution in [0.1, 0.15) is 43.0 Å². The summed E-state index contributed by atoms with van der Waals surface area (Å²) in [6.45, 7) is 0. The van der Waals surface area contributed by atoms with Gasteiger partial charge in [0.25, 0.3) is 0 Å². The summed E-state index contributed by atoms with van der Waals surface area (Å²) in [4.78, 5) is 29.2. The van der Waals surface area contributed by atoms with Crippen LogP contribution in [0.5, 0.6) is 0 Å². The average molecular weight is 801 g/mol. The zero-order valence-electron chi connectivity index (χ0n) is 28.5. The van der Waals surface area contributed by atoms with Crippen molar-refractivity contribution in [2.45, 2.75) is 24.7 Å². The first-order chi connectivity index (χ1) is 26.0. The molecule has 0 aromatic heterocycles. The number of benzene rings is 5. The van der Waals surface area contributed by atoms with Crippen molar-refractivity contribution in [1.29, 1.82) is 0 Å². The van der Waals surface area contributed by atoms with Crippen molar-refractivity contribution in [1.82, 2.24) is 0 Å². The Bertz CT molecular complexity index is 1920. The van der Waals surface area contributed by atoms with Crippen LogP contribution >= 0.6 is 0 Å². The first kappa shape index (κ1) is 41.0. The van der Waals surface area contributed by atoms with Crippen LogP contribution in [0.15, 0.2) is 109 Å². The summed E-state index contributed by atoms with van der Waals surface area (Å²) in [5.74, 6) is -2.39. The van der Waals surface area contributed by atoms with Gasteiger partial charge in [-0.25, -0.2) is 9.59 Å². The minimum absolute atomic E-state index is 0.172. The molecule has 0 aliphatic rings. The lowest BCUT2D eigenvalue weighted by molar-refractivity contribution is -0.138. The highest BCUT2D eigenvalue weighted by atomic mass is 19.4. The number of rotatable bonds is 8. The second-order valence-corrected chi connectivity index (χ2v) is 11.7. The number of hydrogen-bond acceptors (Lipinski definition) is 6. The number of ether oxygens (including phenoxy) is 2. The maximum Gasteiger partial charge on any atom is 0.416 e. The summed E-state index contributed by atoms with van der Waals surface area (Å²) < 4.78 is 172. The van der Waals surface area contributed by atoms with Crippen LogP contribution in [0.25, 0.3) is 0 Å². The van der Waals surface area contributed by atoms with E-state index in [9.17, 15) is 62.3 Å². The summed E-state index contributed by atoms with van der Waals surface area (Å²) in [6, 6.07) is 14.6. The Morgan fingerprint density at radius 1 is 0.393 bits per heavy atom. The number of hydrogen-bond donors (Lipinski definition) is 0. The Morgan fingerprint density at radius 2 is 0.589 bits per heavy atom. The van der Waals surface area contributed by atoms with Crippen molar-refractivity contribution >= 4 is 46.1 Å². The Balaban J connectivity index is 1.85. The van der Waals surface area contributed by atoms with Crippen LogP contribution in [0.2, 0.25) is 0 Å². The van der Waals surface area contributed by atoms with E-state index in [-0.39, 0.29) is 34.1 Å². The molecule has 0 saturated heterocycles. The summed E-state index contributed by atoms with van der Waals surface area (Å²) in [5.41, 5.74) is -6.93. The van der Waals surface area contributed by atoms with E-state index in [0.717, 1.165) is 84.7 Å². The number of halogens is 12. The minimum Gasteiger partial charge on any atom is -0.465 e. The Labute approximate surface area is 309 Å². The smallest absolute Gasteiger partial charge is 0.416 e. The minimum atomic E-state index is -4.81. The topological polar surface area (TPSA) is 59.1 Å². The maximum absolute atomic E-state index is 13.5. The summed E-state index contributed by atoms with van der Waals surface area (Å²) in [6.07, 6.45) is -19.2. The molecule has 0 aliphatic heterocycles.